The van der Waals surface area contributed by atoms with Crippen molar-refractivity contribution in [3.8, 4) is 0 Å². The summed E-state index contributed by atoms with van der Waals surface area (Å²) in [5.74, 6) is -6.77. The summed E-state index contributed by atoms with van der Waals surface area (Å²) in [6.45, 7) is -0.0651. The Labute approximate surface area is 107 Å². The molecule has 0 bridgehead atoms. The highest BCUT2D eigenvalue weighted by molar-refractivity contribution is 7.88. The van der Waals surface area contributed by atoms with Crippen LogP contribution in [0, 0.1) is 23.5 Å². The molecule has 0 aromatic carbocycles. The lowest BCUT2D eigenvalue weighted by molar-refractivity contribution is 0.410. The Hall–Kier alpha value is -1.42. The molecule has 1 heterocycles. The molecule has 0 aliphatic carbocycles. The molecule has 1 aromatic heterocycles. The predicted molar refractivity (Wildman–Crippen MR) is 60.0 cm³/mol. The van der Waals surface area contributed by atoms with E-state index in [0.717, 1.165) is 6.26 Å². The second-order valence-corrected chi connectivity index (χ2v) is 5.48. The molecular weight excluding hydrogens is 290 g/mol. The maximum atomic E-state index is 13.1. The molecule has 0 atom stereocenters. The average Bonchev–Trinajstić information content (AvgIpc) is 2.29. The predicted octanol–water partition coefficient (Wildman–Crippen LogP) is 0.989. The smallest absolute Gasteiger partial charge is 0.253 e. The van der Waals surface area contributed by atoms with Crippen LogP contribution in [0.1, 0.15) is 6.42 Å². The fourth-order valence-corrected chi connectivity index (χ4v) is 1.72. The first kappa shape index (κ1) is 15.6. The summed E-state index contributed by atoms with van der Waals surface area (Å²) in [6.07, 6.45) is 1.12. The molecule has 0 aliphatic rings. The molecule has 0 saturated carbocycles. The number of rotatable bonds is 6. The van der Waals surface area contributed by atoms with Gasteiger partial charge in [-0.1, -0.05) is 0 Å². The zero-order valence-corrected chi connectivity index (χ0v) is 10.6. The van der Waals surface area contributed by atoms with E-state index in [1.54, 1.807) is 0 Å². The molecule has 10 heteroatoms. The van der Waals surface area contributed by atoms with E-state index in [2.05, 4.69) is 15.0 Å². The number of sulfonamides is 1. The van der Waals surface area contributed by atoms with Crippen molar-refractivity contribution < 1.29 is 26.0 Å². The van der Waals surface area contributed by atoms with Gasteiger partial charge in [0, 0.05) is 13.1 Å². The Balaban J connectivity index is 2.59. The summed E-state index contributed by atoms with van der Waals surface area (Å²) >= 11 is 0. The van der Waals surface area contributed by atoms with Crippen LogP contribution in [-0.2, 0) is 10.0 Å². The second-order valence-electron chi connectivity index (χ2n) is 3.64. The van der Waals surface area contributed by atoms with Crippen LogP contribution in [0.2, 0.25) is 0 Å². The van der Waals surface area contributed by atoms with Crippen molar-refractivity contribution in [2.75, 3.05) is 24.7 Å². The Kier molecular flexibility index (Phi) is 5.06. The number of anilines is 1. The van der Waals surface area contributed by atoms with Gasteiger partial charge >= 0.3 is 0 Å². The third-order valence-corrected chi connectivity index (χ3v) is 2.75. The van der Waals surface area contributed by atoms with Gasteiger partial charge in [0.15, 0.2) is 0 Å². The molecule has 0 unspecified atom stereocenters. The van der Waals surface area contributed by atoms with E-state index >= 15 is 0 Å². The summed E-state index contributed by atoms with van der Waals surface area (Å²) < 4.78 is 75.3. The van der Waals surface area contributed by atoms with Gasteiger partial charge in [0.2, 0.25) is 21.7 Å². The summed E-state index contributed by atoms with van der Waals surface area (Å²) in [5.41, 5.74) is -0.968. The summed E-state index contributed by atoms with van der Waals surface area (Å²) in [7, 11) is -3.35. The summed E-state index contributed by atoms with van der Waals surface area (Å²) in [5, 5.41) is 2.14. The zero-order chi connectivity index (χ0) is 14.6. The minimum absolute atomic E-state index is 0.0190. The van der Waals surface area contributed by atoms with Crippen LogP contribution in [0.4, 0.5) is 23.2 Å². The number of nitrogens with zero attached hydrogens (tertiary/aromatic N) is 1. The maximum absolute atomic E-state index is 13.1. The Morgan fingerprint density at radius 3 is 2.05 bits per heavy atom. The van der Waals surface area contributed by atoms with E-state index in [-0.39, 0.29) is 19.5 Å². The second kappa shape index (κ2) is 6.15. The van der Waals surface area contributed by atoms with Crippen molar-refractivity contribution in [1.82, 2.24) is 9.71 Å². The fraction of sp³-hybridized carbons (Fsp3) is 0.444. The Bertz CT molecular complexity index is 539. The monoisotopic (exact) mass is 301 g/mol. The molecule has 0 aliphatic heterocycles. The Morgan fingerprint density at radius 2 is 1.58 bits per heavy atom. The van der Waals surface area contributed by atoms with Crippen molar-refractivity contribution in [3.05, 3.63) is 23.5 Å². The van der Waals surface area contributed by atoms with Crippen molar-refractivity contribution in [1.29, 1.82) is 0 Å². The highest BCUT2D eigenvalue weighted by Gasteiger charge is 2.20. The largest absolute Gasteiger partial charge is 0.380 e. The van der Waals surface area contributed by atoms with Crippen LogP contribution < -0.4 is 10.0 Å². The molecular formula is C9H11F4N3O2S. The quantitative estimate of drug-likeness (QED) is 0.467. The molecule has 2 N–H and O–H groups in total. The standard InChI is InChI=1S/C9H11F4N3O2S/c1-19(17,18)15-4-2-3-14-7-5(10)8(12)16-9(13)6(7)11/h15H,2-4H2,1H3,(H,14,16). The van der Waals surface area contributed by atoms with Gasteiger partial charge in [-0.2, -0.15) is 22.5 Å². The topological polar surface area (TPSA) is 71.1 Å². The number of aromatic nitrogens is 1. The highest BCUT2D eigenvalue weighted by atomic mass is 32.2. The lowest BCUT2D eigenvalue weighted by Gasteiger charge is -2.09. The first-order chi connectivity index (χ1) is 8.72. The van der Waals surface area contributed by atoms with Gasteiger partial charge in [0.05, 0.1) is 6.26 Å². The van der Waals surface area contributed by atoms with Crippen LogP contribution in [0.15, 0.2) is 0 Å². The highest BCUT2D eigenvalue weighted by Crippen LogP contribution is 2.21. The lowest BCUT2D eigenvalue weighted by atomic mass is 10.3. The number of halogens is 4. The maximum Gasteiger partial charge on any atom is 0.253 e. The number of nitrogens with one attached hydrogen (secondary N) is 2. The van der Waals surface area contributed by atoms with Crippen molar-refractivity contribution in [2.24, 2.45) is 0 Å². The molecule has 0 fully saturated rings. The normalized spacial score (nSPS) is 11.6. The van der Waals surface area contributed by atoms with E-state index in [4.69, 9.17) is 0 Å². The number of hydrogen-bond donors (Lipinski definition) is 2. The van der Waals surface area contributed by atoms with Crippen LogP contribution in [0.25, 0.3) is 0 Å². The minimum atomic E-state index is -3.35. The van der Waals surface area contributed by atoms with Gasteiger partial charge in [-0.3, -0.25) is 0 Å². The van der Waals surface area contributed by atoms with Crippen molar-refractivity contribution in [2.45, 2.75) is 6.42 Å². The first-order valence-electron chi connectivity index (χ1n) is 5.11. The van der Waals surface area contributed by atoms with Gasteiger partial charge in [0.25, 0.3) is 11.9 Å². The van der Waals surface area contributed by atoms with E-state index in [1.165, 1.54) is 0 Å². The fourth-order valence-electron chi connectivity index (χ4n) is 1.20. The molecule has 19 heavy (non-hydrogen) atoms. The third-order valence-electron chi connectivity index (χ3n) is 2.02. The molecule has 0 saturated heterocycles. The molecule has 5 nitrogen and oxygen atoms in total. The van der Waals surface area contributed by atoms with Gasteiger partial charge < -0.3 is 5.32 Å². The van der Waals surface area contributed by atoms with Gasteiger partial charge in [0.1, 0.15) is 5.69 Å². The molecule has 1 rings (SSSR count). The van der Waals surface area contributed by atoms with Gasteiger partial charge in [-0.05, 0) is 6.42 Å². The Morgan fingerprint density at radius 1 is 1.05 bits per heavy atom. The van der Waals surface area contributed by atoms with Gasteiger partial charge in [-0.15, -0.1) is 0 Å². The van der Waals surface area contributed by atoms with Crippen LogP contribution >= 0.6 is 0 Å². The first-order valence-corrected chi connectivity index (χ1v) is 7.00. The summed E-state index contributed by atoms with van der Waals surface area (Å²) in [4.78, 5) is 2.40. The van der Waals surface area contributed by atoms with Crippen LogP contribution in [0.5, 0.6) is 0 Å². The lowest BCUT2D eigenvalue weighted by Crippen LogP contribution is -2.24. The third kappa shape index (κ3) is 4.63. The average molecular weight is 301 g/mol. The molecule has 0 spiro atoms. The van der Waals surface area contributed by atoms with E-state index in [0.29, 0.717) is 0 Å². The summed E-state index contributed by atoms with van der Waals surface area (Å²) in [6, 6.07) is 0. The molecule has 108 valence electrons. The van der Waals surface area contributed by atoms with Crippen molar-refractivity contribution in [3.63, 3.8) is 0 Å². The molecule has 0 radical (unpaired) electrons. The SMILES string of the molecule is CS(=O)(=O)NCCCNc1c(F)c(F)nc(F)c1F. The van der Waals surface area contributed by atoms with Gasteiger partial charge in [-0.25, -0.2) is 13.1 Å². The number of hydrogen-bond acceptors (Lipinski definition) is 4. The van der Waals surface area contributed by atoms with Crippen LogP contribution in [0.3, 0.4) is 0 Å². The van der Waals surface area contributed by atoms with E-state index < -0.39 is 39.2 Å². The molecule has 0 amide bonds. The van der Waals surface area contributed by atoms with Crippen LogP contribution in [-0.4, -0.2) is 32.7 Å². The van der Waals surface area contributed by atoms with E-state index in [1.807, 2.05) is 0 Å². The van der Waals surface area contributed by atoms with Crippen molar-refractivity contribution >= 4 is 15.7 Å². The van der Waals surface area contributed by atoms with E-state index in [9.17, 15) is 26.0 Å². The zero-order valence-electron chi connectivity index (χ0n) is 9.81. The number of pyridine rings is 1. The minimum Gasteiger partial charge on any atom is -0.380 e. The molecule has 1 aromatic rings.